The first-order chi connectivity index (χ1) is 12.8. The lowest BCUT2D eigenvalue weighted by atomic mass is 9.95. The number of rotatable bonds is 6. The summed E-state index contributed by atoms with van der Waals surface area (Å²) in [6.07, 6.45) is -1.41. The third-order valence-electron chi connectivity index (χ3n) is 4.22. The zero-order valence-corrected chi connectivity index (χ0v) is 15.1. The Labute approximate surface area is 155 Å². The maximum absolute atomic E-state index is 12.5. The van der Waals surface area contributed by atoms with Crippen LogP contribution in [0.5, 0.6) is 5.88 Å². The second kappa shape index (κ2) is 9.43. The van der Waals surface area contributed by atoms with Crippen LogP contribution < -0.4 is 15.8 Å². The zero-order chi connectivity index (χ0) is 19.9. The first-order valence-electron chi connectivity index (χ1n) is 8.69. The number of carbonyl (C=O) groups excluding carboxylic acids is 1. The van der Waals surface area contributed by atoms with Gasteiger partial charge in [0.2, 0.25) is 11.8 Å². The summed E-state index contributed by atoms with van der Waals surface area (Å²) in [6, 6.07) is 2.12. The normalized spacial score (nSPS) is 18.3. The van der Waals surface area contributed by atoms with Crippen molar-refractivity contribution in [3.05, 3.63) is 23.9 Å². The molecule has 7 nitrogen and oxygen atoms in total. The maximum Gasteiger partial charge on any atom is 0.417 e. The number of aromatic nitrogens is 1. The summed E-state index contributed by atoms with van der Waals surface area (Å²) in [6.45, 7) is 2.16. The predicted octanol–water partition coefficient (Wildman–Crippen LogP) is 1.64. The molecule has 0 aliphatic carbocycles. The number of ether oxygens (including phenoxy) is 1. The Balaban J connectivity index is 1.77. The number of primary amides is 1. The van der Waals surface area contributed by atoms with Gasteiger partial charge in [-0.25, -0.2) is 4.98 Å². The smallest absolute Gasteiger partial charge is 0.417 e. The minimum Gasteiger partial charge on any atom is -0.476 e. The molecule has 0 saturated carbocycles. The monoisotopic (exact) mass is 387 g/mol. The number of likely N-dealkylation sites (tertiary alicyclic amines) is 1. The zero-order valence-electron chi connectivity index (χ0n) is 15.1. The first kappa shape index (κ1) is 20.8. The van der Waals surface area contributed by atoms with Crippen LogP contribution in [0.25, 0.3) is 0 Å². The average molecular weight is 387 g/mol. The van der Waals surface area contributed by atoms with E-state index in [0.29, 0.717) is 25.5 Å². The molecule has 1 aliphatic heterocycles. The van der Waals surface area contributed by atoms with Crippen LogP contribution in [-0.4, -0.2) is 55.0 Å². The number of nitrogens with two attached hydrogens (primary N) is 1. The molecule has 0 radical (unpaired) electrons. The SMILES string of the molecule is CN=C(NCCOc1ccc(C(F)(F)F)cn1)N1CCCC(CC(N)=O)C1. The standard InChI is InChI=1S/C17H24F3N5O2/c1-22-16(25-7-2-3-12(11-25)9-14(21)26)23-6-8-27-15-5-4-13(10-24-15)17(18,19)20/h4-5,10,12H,2-3,6-9,11H2,1H3,(H2,21,26)(H,22,23). The van der Waals surface area contributed by atoms with Crippen molar-refractivity contribution in [3.63, 3.8) is 0 Å². The number of aliphatic imine (C=N–C) groups is 1. The van der Waals surface area contributed by atoms with Gasteiger partial charge in [-0.1, -0.05) is 0 Å². The number of guanidine groups is 1. The Bertz CT molecular complexity index is 649. The number of nitrogens with one attached hydrogen (secondary N) is 1. The highest BCUT2D eigenvalue weighted by Gasteiger charge is 2.30. The molecule has 1 aliphatic rings. The molecule has 0 bridgehead atoms. The Morgan fingerprint density at radius 1 is 1.48 bits per heavy atom. The van der Waals surface area contributed by atoms with Gasteiger partial charge in [-0.15, -0.1) is 0 Å². The topological polar surface area (TPSA) is 92.8 Å². The van der Waals surface area contributed by atoms with E-state index in [1.54, 1.807) is 7.05 Å². The minimum atomic E-state index is -4.42. The van der Waals surface area contributed by atoms with E-state index >= 15 is 0 Å². The number of hydrogen-bond acceptors (Lipinski definition) is 4. The van der Waals surface area contributed by atoms with Crippen LogP contribution in [0.15, 0.2) is 23.3 Å². The van der Waals surface area contributed by atoms with Crippen LogP contribution in [-0.2, 0) is 11.0 Å². The van der Waals surface area contributed by atoms with Crippen LogP contribution in [0.4, 0.5) is 13.2 Å². The second-order valence-corrected chi connectivity index (χ2v) is 6.33. The summed E-state index contributed by atoms with van der Waals surface area (Å²) in [5, 5.41) is 3.15. The molecule has 1 unspecified atom stereocenters. The lowest BCUT2D eigenvalue weighted by Crippen LogP contribution is -2.48. The largest absolute Gasteiger partial charge is 0.476 e. The van der Waals surface area contributed by atoms with Crippen LogP contribution in [0.2, 0.25) is 0 Å². The molecule has 0 aromatic carbocycles. The fraction of sp³-hybridized carbons (Fsp3) is 0.588. The van der Waals surface area contributed by atoms with Crippen molar-refractivity contribution in [1.29, 1.82) is 0 Å². The number of pyridine rings is 1. The minimum absolute atomic E-state index is 0.124. The van der Waals surface area contributed by atoms with Gasteiger partial charge in [-0.05, 0) is 24.8 Å². The molecular formula is C17H24F3N5O2. The van der Waals surface area contributed by atoms with E-state index < -0.39 is 11.7 Å². The number of carbonyl (C=O) groups is 1. The number of alkyl halides is 3. The second-order valence-electron chi connectivity index (χ2n) is 6.33. The number of halogens is 3. The van der Waals surface area contributed by atoms with E-state index in [0.717, 1.165) is 31.6 Å². The molecule has 1 atom stereocenters. The van der Waals surface area contributed by atoms with Gasteiger partial charge in [0, 0.05) is 38.8 Å². The first-order valence-corrected chi connectivity index (χ1v) is 8.69. The van der Waals surface area contributed by atoms with Crippen molar-refractivity contribution < 1.29 is 22.7 Å². The van der Waals surface area contributed by atoms with E-state index in [2.05, 4.69) is 20.2 Å². The summed E-state index contributed by atoms with van der Waals surface area (Å²) in [5.41, 5.74) is 4.46. The molecular weight excluding hydrogens is 363 g/mol. The van der Waals surface area contributed by atoms with E-state index in [1.165, 1.54) is 6.07 Å². The van der Waals surface area contributed by atoms with Crippen LogP contribution in [0.3, 0.4) is 0 Å². The van der Waals surface area contributed by atoms with Gasteiger partial charge in [0.05, 0.1) is 12.1 Å². The van der Waals surface area contributed by atoms with Gasteiger partial charge in [-0.3, -0.25) is 9.79 Å². The quantitative estimate of drug-likeness (QED) is 0.440. The fourth-order valence-corrected chi connectivity index (χ4v) is 2.99. The summed E-state index contributed by atoms with van der Waals surface area (Å²) >= 11 is 0. The van der Waals surface area contributed by atoms with Crippen LogP contribution in [0, 0.1) is 5.92 Å². The van der Waals surface area contributed by atoms with Crippen molar-refractivity contribution in [1.82, 2.24) is 15.2 Å². The molecule has 1 amide bonds. The highest BCUT2D eigenvalue weighted by Crippen LogP contribution is 2.29. The average Bonchev–Trinajstić information content (AvgIpc) is 2.61. The van der Waals surface area contributed by atoms with Crippen molar-refractivity contribution in [2.45, 2.75) is 25.4 Å². The van der Waals surface area contributed by atoms with E-state index in [1.807, 2.05) is 0 Å². The molecule has 150 valence electrons. The summed E-state index contributed by atoms with van der Waals surface area (Å²) < 4.78 is 42.8. The lowest BCUT2D eigenvalue weighted by Gasteiger charge is -2.34. The van der Waals surface area contributed by atoms with Crippen molar-refractivity contribution >= 4 is 11.9 Å². The highest BCUT2D eigenvalue weighted by molar-refractivity contribution is 5.80. The van der Waals surface area contributed by atoms with Gasteiger partial charge < -0.3 is 20.7 Å². The molecule has 2 rings (SSSR count). The van der Waals surface area contributed by atoms with Gasteiger partial charge in [-0.2, -0.15) is 13.2 Å². The molecule has 3 N–H and O–H groups in total. The van der Waals surface area contributed by atoms with Crippen LogP contribution >= 0.6 is 0 Å². The number of piperidine rings is 1. The Hall–Kier alpha value is -2.52. The van der Waals surface area contributed by atoms with Crippen molar-refractivity contribution in [2.75, 3.05) is 33.3 Å². The van der Waals surface area contributed by atoms with Gasteiger partial charge >= 0.3 is 6.18 Å². The number of nitrogens with zero attached hydrogens (tertiary/aromatic N) is 3. The predicted molar refractivity (Wildman–Crippen MR) is 94.2 cm³/mol. The van der Waals surface area contributed by atoms with E-state index in [4.69, 9.17) is 10.5 Å². The Morgan fingerprint density at radius 3 is 2.85 bits per heavy atom. The maximum atomic E-state index is 12.5. The van der Waals surface area contributed by atoms with Gasteiger partial charge in [0.15, 0.2) is 5.96 Å². The third-order valence-corrected chi connectivity index (χ3v) is 4.22. The Morgan fingerprint density at radius 2 is 2.26 bits per heavy atom. The molecule has 1 aromatic rings. The molecule has 1 aromatic heterocycles. The lowest BCUT2D eigenvalue weighted by molar-refractivity contribution is -0.137. The van der Waals surface area contributed by atoms with Gasteiger partial charge in [0.25, 0.3) is 0 Å². The number of amides is 1. The summed E-state index contributed by atoms with van der Waals surface area (Å²) in [4.78, 5) is 21.1. The van der Waals surface area contributed by atoms with E-state index in [-0.39, 0.29) is 24.3 Å². The van der Waals surface area contributed by atoms with Crippen molar-refractivity contribution in [2.24, 2.45) is 16.6 Å². The highest BCUT2D eigenvalue weighted by atomic mass is 19.4. The number of hydrogen-bond donors (Lipinski definition) is 2. The molecule has 0 spiro atoms. The molecule has 10 heteroatoms. The molecule has 2 heterocycles. The molecule has 1 fully saturated rings. The third kappa shape index (κ3) is 6.61. The van der Waals surface area contributed by atoms with E-state index in [9.17, 15) is 18.0 Å². The molecule has 27 heavy (non-hydrogen) atoms. The summed E-state index contributed by atoms with van der Waals surface area (Å²) in [7, 11) is 1.66. The fourth-order valence-electron chi connectivity index (χ4n) is 2.99. The molecule has 1 saturated heterocycles. The Kier molecular flexibility index (Phi) is 7.26. The van der Waals surface area contributed by atoms with Gasteiger partial charge in [0.1, 0.15) is 6.61 Å². The van der Waals surface area contributed by atoms with Crippen molar-refractivity contribution in [3.8, 4) is 5.88 Å². The summed E-state index contributed by atoms with van der Waals surface area (Å²) in [5.74, 6) is 0.720. The van der Waals surface area contributed by atoms with Crippen LogP contribution in [0.1, 0.15) is 24.8 Å².